The highest BCUT2D eigenvalue weighted by atomic mass is 16.4. The third-order valence-electron chi connectivity index (χ3n) is 4.19. The summed E-state index contributed by atoms with van der Waals surface area (Å²) in [5, 5.41) is 11.7. The van der Waals surface area contributed by atoms with Gasteiger partial charge in [-0.3, -0.25) is 4.79 Å². The molecule has 0 spiro atoms. The summed E-state index contributed by atoms with van der Waals surface area (Å²) < 4.78 is 0. The second-order valence-electron chi connectivity index (χ2n) is 6.66. The summed E-state index contributed by atoms with van der Waals surface area (Å²) in [7, 11) is 0. The SMILES string of the molecule is CC(NC(=O)N1CCC(C(C)(C)C)C1)C(C)C(=O)O. The molecule has 1 fully saturated rings. The van der Waals surface area contributed by atoms with Crippen molar-refractivity contribution in [1.82, 2.24) is 10.2 Å². The topological polar surface area (TPSA) is 69.6 Å². The molecular weight excluding hydrogens is 244 g/mol. The molecule has 0 bridgehead atoms. The molecule has 1 aliphatic heterocycles. The molecule has 3 unspecified atom stereocenters. The predicted molar refractivity (Wildman–Crippen MR) is 73.9 cm³/mol. The van der Waals surface area contributed by atoms with E-state index in [1.54, 1.807) is 18.7 Å². The molecule has 3 atom stereocenters. The number of carboxylic acid groups (broad SMARTS) is 1. The van der Waals surface area contributed by atoms with Gasteiger partial charge in [-0.1, -0.05) is 20.8 Å². The number of carbonyl (C=O) groups excluding carboxylic acids is 1. The maximum Gasteiger partial charge on any atom is 0.317 e. The van der Waals surface area contributed by atoms with Gasteiger partial charge in [-0.25, -0.2) is 4.79 Å². The predicted octanol–water partition coefficient (Wildman–Crippen LogP) is 2.17. The maximum atomic E-state index is 12.1. The van der Waals surface area contributed by atoms with E-state index < -0.39 is 11.9 Å². The van der Waals surface area contributed by atoms with Crippen LogP contribution in [0.15, 0.2) is 0 Å². The Kier molecular flexibility index (Phi) is 4.82. The van der Waals surface area contributed by atoms with Crippen molar-refractivity contribution in [3.05, 3.63) is 0 Å². The molecule has 0 aromatic heterocycles. The number of nitrogens with zero attached hydrogens (tertiary/aromatic N) is 1. The molecule has 2 amide bonds. The van der Waals surface area contributed by atoms with Gasteiger partial charge < -0.3 is 15.3 Å². The second kappa shape index (κ2) is 5.80. The number of rotatable bonds is 3. The van der Waals surface area contributed by atoms with Gasteiger partial charge >= 0.3 is 12.0 Å². The van der Waals surface area contributed by atoms with E-state index in [2.05, 4.69) is 26.1 Å². The van der Waals surface area contributed by atoms with Crippen molar-refractivity contribution in [2.75, 3.05) is 13.1 Å². The maximum absolute atomic E-state index is 12.1. The number of urea groups is 1. The number of amides is 2. The Morgan fingerprint density at radius 2 is 1.89 bits per heavy atom. The summed E-state index contributed by atoms with van der Waals surface area (Å²) in [6.45, 7) is 11.4. The Balaban J connectivity index is 2.50. The van der Waals surface area contributed by atoms with Crippen LogP contribution in [0.4, 0.5) is 4.79 Å². The fraction of sp³-hybridized carbons (Fsp3) is 0.857. The van der Waals surface area contributed by atoms with Crippen molar-refractivity contribution in [2.24, 2.45) is 17.3 Å². The second-order valence-corrected chi connectivity index (χ2v) is 6.66. The lowest BCUT2D eigenvalue weighted by Gasteiger charge is -2.27. The van der Waals surface area contributed by atoms with Crippen molar-refractivity contribution in [2.45, 2.75) is 47.1 Å². The van der Waals surface area contributed by atoms with Gasteiger partial charge in [0.15, 0.2) is 0 Å². The standard InChI is InChI=1S/C14H26N2O3/c1-9(12(17)18)10(2)15-13(19)16-7-6-11(8-16)14(3,4)5/h9-11H,6-8H2,1-5H3,(H,15,19)(H,17,18). The minimum absolute atomic E-state index is 0.146. The van der Waals surface area contributed by atoms with Gasteiger partial charge in [0.1, 0.15) is 0 Å². The molecule has 2 N–H and O–H groups in total. The molecule has 0 radical (unpaired) electrons. The van der Waals surface area contributed by atoms with Crippen molar-refractivity contribution in [3.8, 4) is 0 Å². The number of likely N-dealkylation sites (tertiary alicyclic amines) is 1. The van der Waals surface area contributed by atoms with Gasteiger partial charge in [0, 0.05) is 19.1 Å². The highest BCUT2D eigenvalue weighted by Gasteiger charge is 2.34. The average molecular weight is 270 g/mol. The van der Waals surface area contributed by atoms with Gasteiger partial charge in [-0.05, 0) is 31.6 Å². The molecule has 0 aliphatic carbocycles. The van der Waals surface area contributed by atoms with Crippen LogP contribution in [0.25, 0.3) is 0 Å². The average Bonchev–Trinajstić information content (AvgIpc) is 2.76. The molecule has 1 saturated heterocycles. The van der Waals surface area contributed by atoms with E-state index in [1.807, 2.05) is 0 Å². The van der Waals surface area contributed by atoms with Gasteiger partial charge in [-0.2, -0.15) is 0 Å². The fourth-order valence-electron chi connectivity index (χ4n) is 2.28. The van der Waals surface area contributed by atoms with E-state index in [0.29, 0.717) is 5.92 Å². The third kappa shape index (κ3) is 4.11. The Hall–Kier alpha value is -1.26. The van der Waals surface area contributed by atoms with E-state index in [4.69, 9.17) is 5.11 Å². The zero-order valence-corrected chi connectivity index (χ0v) is 12.6. The molecule has 5 nitrogen and oxygen atoms in total. The molecule has 110 valence electrons. The van der Waals surface area contributed by atoms with Crippen molar-refractivity contribution in [3.63, 3.8) is 0 Å². The van der Waals surface area contributed by atoms with E-state index in [0.717, 1.165) is 19.5 Å². The van der Waals surface area contributed by atoms with E-state index in [-0.39, 0.29) is 17.5 Å². The van der Waals surface area contributed by atoms with Crippen molar-refractivity contribution < 1.29 is 14.7 Å². The molecule has 1 aliphatic rings. The van der Waals surface area contributed by atoms with E-state index in [9.17, 15) is 9.59 Å². The summed E-state index contributed by atoms with van der Waals surface area (Å²) in [5.74, 6) is -0.961. The lowest BCUT2D eigenvalue weighted by atomic mass is 9.80. The van der Waals surface area contributed by atoms with Crippen LogP contribution in [0, 0.1) is 17.3 Å². The Morgan fingerprint density at radius 1 is 1.32 bits per heavy atom. The summed E-state index contributed by atoms with van der Waals surface area (Å²) in [5.41, 5.74) is 0.203. The minimum atomic E-state index is -0.887. The zero-order chi connectivity index (χ0) is 14.8. The van der Waals surface area contributed by atoms with E-state index in [1.165, 1.54) is 0 Å². The number of hydrogen-bond donors (Lipinski definition) is 2. The molecular formula is C14H26N2O3. The molecule has 0 aromatic carbocycles. The number of carbonyl (C=O) groups is 2. The first-order valence-electron chi connectivity index (χ1n) is 6.91. The van der Waals surface area contributed by atoms with Crippen LogP contribution in [0.3, 0.4) is 0 Å². The number of hydrogen-bond acceptors (Lipinski definition) is 2. The largest absolute Gasteiger partial charge is 0.481 e. The molecule has 5 heteroatoms. The summed E-state index contributed by atoms with van der Waals surface area (Å²) in [6.07, 6.45) is 1.01. The van der Waals surface area contributed by atoms with Crippen LogP contribution in [-0.2, 0) is 4.79 Å². The number of aliphatic carboxylic acids is 1. The van der Waals surface area contributed by atoms with Crippen LogP contribution in [0.2, 0.25) is 0 Å². The van der Waals surface area contributed by atoms with Crippen molar-refractivity contribution in [1.29, 1.82) is 0 Å². The van der Waals surface area contributed by atoms with Crippen LogP contribution < -0.4 is 5.32 Å². The highest BCUT2D eigenvalue weighted by molar-refractivity contribution is 5.76. The Bertz CT molecular complexity index is 349. The van der Waals surface area contributed by atoms with Crippen LogP contribution in [-0.4, -0.2) is 41.1 Å². The fourth-order valence-corrected chi connectivity index (χ4v) is 2.28. The van der Waals surface area contributed by atoms with Crippen LogP contribution in [0.1, 0.15) is 41.0 Å². The normalized spacial score (nSPS) is 23.0. The summed E-state index contributed by atoms with van der Waals surface area (Å²) in [6, 6.07) is -0.508. The zero-order valence-electron chi connectivity index (χ0n) is 12.6. The third-order valence-corrected chi connectivity index (χ3v) is 4.19. The first-order chi connectivity index (χ1) is 8.62. The van der Waals surface area contributed by atoms with Crippen LogP contribution >= 0.6 is 0 Å². The van der Waals surface area contributed by atoms with E-state index >= 15 is 0 Å². The van der Waals surface area contributed by atoms with Crippen molar-refractivity contribution >= 4 is 12.0 Å². The quantitative estimate of drug-likeness (QED) is 0.825. The van der Waals surface area contributed by atoms with Gasteiger partial charge in [-0.15, -0.1) is 0 Å². The monoisotopic (exact) mass is 270 g/mol. The Morgan fingerprint density at radius 3 is 2.32 bits per heavy atom. The minimum Gasteiger partial charge on any atom is -0.481 e. The lowest BCUT2D eigenvalue weighted by molar-refractivity contribution is -0.141. The summed E-state index contributed by atoms with van der Waals surface area (Å²) >= 11 is 0. The highest BCUT2D eigenvalue weighted by Crippen LogP contribution is 2.33. The number of carboxylic acids is 1. The lowest BCUT2D eigenvalue weighted by Crippen LogP contribution is -2.46. The Labute approximate surface area is 115 Å². The molecule has 1 heterocycles. The smallest absolute Gasteiger partial charge is 0.317 e. The van der Waals surface area contributed by atoms with Gasteiger partial charge in [0.2, 0.25) is 0 Å². The van der Waals surface area contributed by atoms with Gasteiger partial charge in [0.25, 0.3) is 0 Å². The van der Waals surface area contributed by atoms with Crippen LogP contribution in [0.5, 0.6) is 0 Å². The van der Waals surface area contributed by atoms with Gasteiger partial charge in [0.05, 0.1) is 5.92 Å². The number of nitrogens with one attached hydrogen (secondary N) is 1. The summed E-state index contributed by atoms with van der Waals surface area (Å²) in [4.78, 5) is 24.7. The molecule has 0 aromatic rings. The molecule has 0 saturated carbocycles. The molecule has 19 heavy (non-hydrogen) atoms. The first-order valence-corrected chi connectivity index (χ1v) is 6.91. The molecule has 1 rings (SSSR count). The first kappa shape index (κ1) is 15.8.